The molecule has 0 saturated heterocycles. The molecule has 0 spiro atoms. The molecular formula is C10H18N2O2. The molecule has 80 valence electrons. The predicted molar refractivity (Wildman–Crippen MR) is 53.3 cm³/mol. The second-order valence-electron chi connectivity index (χ2n) is 3.40. The van der Waals surface area contributed by atoms with Gasteiger partial charge in [-0.05, 0) is 19.8 Å². The monoisotopic (exact) mass is 198 g/mol. The summed E-state index contributed by atoms with van der Waals surface area (Å²) in [4.78, 5) is 11.3. The Labute approximate surface area is 84.9 Å². The molecule has 0 rings (SSSR count). The van der Waals surface area contributed by atoms with Crippen molar-refractivity contribution in [1.82, 2.24) is 5.32 Å². The molecule has 14 heavy (non-hydrogen) atoms. The van der Waals surface area contributed by atoms with Crippen LogP contribution in [0.4, 0.5) is 0 Å². The van der Waals surface area contributed by atoms with E-state index < -0.39 is 12.0 Å². The molecule has 4 nitrogen and oxygen atoms in total. The van der Waals surface area contributed by atoms with Crippen LogP contribution in [0.1, 0.15) is 33.1 Å². The van der Waals surface area contributed by atoms with E-state index in [2.05, 4.69) is 5.32 Å². The maximum absolute atomic E-state index is 11.3. The standard InChI is InChI=1S/C10H18N2O2/c1-3-4-9(7-11)10(14)12-6-5-8(2)13/h8-9,13H,3-6H2,1-2H3,(H,12,14). The zero-order valence-electron chi connectivity index (χ0n) is 8.79. The van der Waals surface area contributed by atoms with Crippen LogP contribution in [0, 0.1) is 17.2 Å². The maximum atomic E-state index is 11.3. The molecule has 0 aromatic heterocycles. The number of hydrogen-bond donors (Lipinski definition) is 2. The van der Waals surface area contributed by atoms with E-state index in [4.69, 9.17) is 10.4 Å². The Morgan fingerprint density at radius 3 is 2.64 bits per heavy atom. The number of carbonyl (C=O) groups excluding carboxylic acids is 1. The van der Waals surface area contributed by atoms with E-state index in [9.17, 15) is 4.79 Å². The molecule has 0 aliphatic carbocycles. The molecule has 0 aliphatic heterocycles. The molecule has 0 fully saturated rings. The lowest BCUT2D eigenvalue weighted by molar-refractivity contribution is -0.123. The summed E-state index contributed by atoms with van der Waals surface area (Å²) >= 11 is 0. The predicted octanol–water partition coefficient (Wildman–Crippen LogP) is 0.813. The quantitative estimate of drug-likeness (QED) is 0.663. The van der Waals surface area contributed by atoms with Crippen LogP contribution in [-0.4, -0.2) is 23.7 Å². The third-order valence-corrected chi connectivity index (χ3v) is 1.91. The van der Waals surface area contributed by atoms with Crippen LogP contribution in [0.15, 0.2) is 0 Å². The zero-order valence-corrected chi connectivity index (χ0v) is 8.79. The normalized spacial score (nSPS) is 14.1. The number of aliphatic hydroxyl groups excluding tert-OH is 1. The van der Waals surface area contributed by atoms with Gasteiger partial charge < -0.3 is 10.4 Å². The average Bonchev–Trinajstić information content (AvgIpc) is 2.13. The first-order valence-electron chi connectivity index (χ1n) is 4.97. The van der Waals surface area contributed by atoms with Gasteiger partial charge >= 0.3 is 0 Å². The SMILES string of the molecule is CCCC(C#N)C(=O)NCCC(C)O. The van der Waals surface area contributed by atoms with Crippen molar-refractivity contribution < 1.29 is 9.90 Å². The molecule has 0 saturated carbocycles. The van der Waals surface area contributed by atoms with Gasteiger partial charge in [-0.3, -0.25) is 4.79 Å². The zero-order chi connectivity index (χ0) is 11.0. The molecule has 2 atom stereocenters. The first-order valence-corrected chi connectivity index (χ1v) is 4.97. The Morgan fingerprint density at radius 1 is 1.57 bits per heavy atom. The van der Waals surface area contributed by atoms with Gasteiger partial charge in [0.05, 0.1) is 12.2 Å². The highest BCUT2D eigenvalue weighted by atomic mass is 16.3. The number of nitrogens with one attached hydrogen (secondary N) is 1. The molecule has 0 heterocycles. The third-order valence-electron chi connectivity index (χ3n) is 1.91. The lowest BCUT2D eigenvalue weighted by Crippen LogP contribution is -2.31. The van der Waals surface area contributed by atoms with Gasteiger partial charge in [-0.2, -0.15) is 5.26 Å². The fourth-order valence-corrected chi connectivity index (χ4v) is 1.07. The van der Waals surface area contributed by atoms with Gasteiger partial charge in [0.2, 0.25) is 5.91 Å². The maximum Gasteiger partial charge on any atom is 0.237 e. The van der Waals surface area contributed by atoms with Gasteiger partial charge in [0.25, 0.3) is 0 Å². The van der Waals surface area contributed by atoms with Crippen molar-refractivity contribution in [3.05, 3.63) is 0 Å². The summed E-state index contributed by atoms with van der Waals surface area (Å²) in [5.74, 6) is -0.774. The van der Waals surface area contributed by atoms with Crippen LogP contribution in [0.2, 0.25) is 0 Å². The van der Waals surface area contributed by atoms with Crippen LogP contribution < -0.4 is 5.32 Å². The number of nitrogens with zero attached hydrogens (tertiary/aromatic N) is 1. The molecule has 0 radical (unpaired) electrons. The van der Waals surface area contributed by atoms with E-state index in [0.717, 1.165) is 6.42 Å². The number of hydrogen-bond acceptors (Lipinski definition) is 3. The number of carbonyl (C=O) groups is 1. The Kier molecular flexibility index (Phi) is 6.77. The molecule has 0 aromatic carbocycles. The van der Waals surface area contributed by atoms with Crippen LogP contribution in [0.25, 0.3) is 0 Å². The molecule has 4 heteroatoms. The van der Waals surface area contributed by atoms with E-state index in [1.54, 1.807) is 6.92 Å². The summed E-state index contributed by atoms with van der Waals surface area (Å²) < 4.78 is 0. The Balaban J connectivity index is 3.77. The smallest absolute Gasteiger partial charge is 0.237 e. The molecule has 0 bridgehead atoms. The highest BCUT2D eigenvalue weighted by Crippen LogP contribution is 2.04. The number of rotatable bonds is 6. The van der Waals surface area contributed by atoms with Crippen LogP contribution >= 0.6 is 0 Å². The minimum atomic E-state index is -0.547. The van der Waals surface area contributed by atoms with Gasteiger partial charge in [0, 0.05) is 6.54 Å². The number of nitriles is 1. The van der Waals surface area contributed by atoms with Crippen molar-refractivity contribution in [2.45, 2.75) is 39.2 Å². The van der Waals surface area contributed by atoms with Crippen molar-refractivity contribution in [2.24, 2.45) is 5.92 Å². The number of amides is 1. The second kappa shape index (κ2) is 7.34. The molecule has 2 unspecified atom stereocenters. The van der Waals surface area contributed by atoms with Crippen molar-refractivity contribution in [1.29, 1.82) is 5.26 Å². The molecule has 2 N–H and O–H groups in total. The van der Waals surface area contributed by atoms with E-state index in [1.807, 2.05) is 13.0 Å². The Hall–Kier alpha value is -1.08. The van der Waals surface area contributed by atoms with Gasteiger partial charge in [0.15, 0.2) is 0 Å². The van der Waals surface area contributed by atoms with Crippen molar-refractivity contribution in [3.8, 4) is 6.07 Å². The topological polar surface area (TPSA) is 73.1 Å². The minimum Gasteiger partial charge on any atom is -0.393 e. The average molecular weight is 198 g/mol. The summed E-state index contributed by atoms with van der Waals surface area (Å²) in [6.07, 6.45) is 1.52. The van der Waals surface area contributed by atoms with Crippen molar-refractivity contribution in [3.63, 3.8) is 0 Å². The summed E-state index contributed by atoms with van der Waals surface area (Å²) in [6, 6.07) is 1.97. The first-order chi connectivity index (χ1) is 6.61. The van der Waals surface area contributed by atoms with Crippen molar-refractivity contribution >= 4 is 5.91 Å². The largest absolute Gasteiger partial charge is 0.393 e. The van der Waals surface area contributed by atoms with Crippen LogP contribution in [0.3, 0.4) is 0 Å². The van der Waals surface area contributed by atoms with Gasteiger partial charge in [0.1, 0.15) is 5.92 Å². The summed E-state index contributed by atoms with van der Waals surface area (Å²) in [6.45, 7) is 4.03. The Morgan fingerprint density at radius 2 is 2.21 bits per heavy atom. The molecule has 1 amide bonds. The third kappa shape index (κ3) is 5.55. The number of aliphatic hydroxyl groups is 1. The lowest BCUT2D eigenvalue weighted by Gasteiger charge is -2.09. The van der Waals surface area contributed by atoms with E-state index >= 15 is 0 Å². The van der Waals surface area contributed by atoms with Gasteiger partial charge in [-0.15, -0.1) is 0 Å². The van der Waals surface area contributed by atoms with Gasteiger partial charge in [-0.25, -0.2) is 0 Å². The van der Waals surface area contributed by atoms with Gasteiger partial charge in [-0.1, -0.05) is 13.3 Å². The first kappa shape index (κ1) is 12.9. The van der Waals surface area contributed by atoms with E-state index in [0.29, 0.717) is 19.4 Å². The van der Waals surface area contributed by atoms with Crippen molar-refractivity contribution in [2.75, 3.05) is 6.54 Å². The molecular weight excluding hydrogens is 180 g/mol. The lowest BCUT2D eigenvalue weighted by atomic mass is 10.0. The fraction of sp³-hybridized carbons (Fsp3) is 0.800. The molecule has 0 aliphatic rings. The van der Waals surface area contributed by atoms with Crippen LogP contribution in [-0.2, 0) is 4.79 Å². The summed E-state index contributed by atoms with van der Waals surface area (Å²) in [5, 5.41) is 20.3. The Bertz CT molecular complexity index is 209. The summed E-state index contributed by atoms with van der Waals surface area (Å²) in [7, 11) is 0. The highest BCUT2D eigenvalue weighted by Gasteiger charge is 2.15. The fourth-order valence-electron chi connectivity index (χ4n) is 1.07. The minimum absolute atomic E-state index is 0.227. The highest BCUT2D eigenvalue weighted by molar-refractivity contribution is 5.80. The second-order valence-corrected chi connectivity index (χ2v) is 3.40. The van der Waals surface area contributed by atoms with Crippen LogP contribution in [0.5, 0.6) is 0 Å². The van der Waals surface area contributed by atoms with E-state index in [1.165, 1.54) is 0 Å². The molecule has 0 aromatic rings. The van der Waals surface area contributed by atoms with E-state index in [-0.39, 0.29) is 5.91 Å². The summed E-state index contributed by atoms with van der Waals surface area (Å²) in [5.41, 5.74) is 0.